The van der Waals surface area contributed by atoms with Crippen molar-refractivity contribution in [3.05, 3.63) is 50.4 Å². The first-order chi connectivity index (χ1) is 9.70. The molecule has 2 N–H and O–H groups in total. The van der Waals surface area contributed by atoms with E-state index in [4.69, 9.17) is 5.26 Å². The molecule has 0 aliphatic rings. The Hall–Kier alpha value is -3.27. The van der Waals surface area contributed by atoms with Crippen molar-refractivity contribution >= 4 is 28.0 Å². The summed E-state index contributed by atoms with van der Waals surface area (Å²) < 4.78 is 0. The van der Waals surface area contributed by atoms with Gasteiger partial charge < -0.3 is 4.98 Å². The number of nitrogens with one attached hydrogen (secondary N) is 2. The summed E-state index contributed by atoms with van der Waals surface area (Å²) in [4.78, 5) is 26.8. The normalized spacial score (nSPS) is 11.2. The lowest BCUT2D eigenvalue weighted by Gasteiger charge is -1.94. The summed E-state index contributed by atoms with van der Waals surface area (Å²) in [6.45, 7) is 0. The van der Waals surface area contributed by atoms with E-state index in [0.29, 0.717) is 16.5 Å². The maximum absolute atomic E-state index is 12.3. The second-order valence-corrected chi connectivity index (χ2v) is 4.07. The highest BCUT2D eigenvalue weighted by Gasteiger charge is 2.09. The quantitative estimate of drug-likeness (QED) is 0.628. The van der Waals surface area contributed by atoms with Gasteiger partial charge in [0.1, 0.15) is 0 Å². The average molecular weight is 265 g/mol. The largest absolute Gasteiger partial charge is 0.320 e. The Morgan fingerprint density at radius 3 is 2.80 bits per heavy atom. The number of fused-ring (bicyclic) bond motifs is 2. The summed E-state index contributed by atoms with van der Waals surface area (Å²) in [7, 11) is 0. The van der Waals surface area contributed by atoms with Crippen LogP contribution in [0.3, 0.4) is 0 Å². The number of nitriles is 1. The molecule has 3 aromatic rings. The second-order valence-electron chi connectivity index (χ2n) is 4.07. The van der Waals surface area contributed by atoms with Crippen molar-refractivity contribution in [3.8, 4) is 6.07 Å². The van der Waals surface area contributed by atoms with Crippen LogP contribution in [0, 0.1) is 11.3 Å². The van der Waals surface area contributed by atoms with Crippen molar-refractivity contribution in [1.29, 1.82) is 5.26 Å². The van der Waals surface area contributed by atoms with Gasteiger partial charge in [0.2, 0.25) is 5.43 Å². The zero-order valence-electron chi connectivity index (χ0n) is 10.0. The topological polar surface area (TPSA) is 115 Å². The Balaban J connectivity index is 2.47. The van der Waals surface area contributed by atoms with Gasteiger partial charge in [-0.25, -0.2) is 0 Å². The van der Waals surface area contributed by atoms with Crippen molar-refractivity contribution in [2.75, 3.05) is 0 Å². The van der Waals surface area contributed by atoms with Crippen LogP contribution in [0.5, 0.6) is 0 Å². The van der Waals surface area contributed by atoms with E-state index < -0.39 is 5.56 Å². The molecule has 7 nitrogen and oxygen atoms in total. The lowest BCUT2D eigenvalue weighted by Crippen LogP contribution is -2.02. The van der Waals surface area contributed by atoms with Crippen molar-refractivity contribution in [3.63, 3.8) is 0 Å². The zero-order valence-corrected chi connectivity index (χ0v) is 10.0. The smallest absolute Gasteiger partial charge is 0.278 e. The van der Waals surface area contributed by atoms with Gasteiger partial charge in [0.05, 0.1) is 11.6 Å². The molecule has 0 radical (unpaired) electrons. The fourth-order valence-corrected chi connectivity index (χ4v) is 1.96. The zero-order chi connectivity index (χ0) is 14.1. The van der Waals surface area contributed by atoms with Crippen molar-refractivity contribution in [1.82, 2.24) is 20.4 Å². The monoisotopic (exact) mass is 265 g/mol. The van der Waals surface area contributed by atoms with Gasteiger partial charge in [0, 0.05) is 11.5 Å². The van der Waals surface area contributed by atoms with Crippen LogP contribution in [0.25, 0.3) is 28.0 Å². The molecule has 0 amide bonds. The average Bonchev–Trinajstić information content (AvgIpc) is 2.90. The van der Waals surface area contributed by atoms with E-state index in [-0.39, 0.29) is 16.5 Å². The summed E-state index contributed by atoms with van der Waals surface area (Å²) >= 11 is 0. The third-order valence-corrected chi connectivity index (χ3v) is 2.86. The lowest BCUT2D eigenvalue weighted by molar-refractivity contribution is 0.955. The predicted octanol–water partition coefficient (Wildman–Crippen LogP) is 0.696. The molecule has 0 spiro atoms. The Bertz CT molecular complexity index is 1010. The van der Waals surface area contributed by atoms with Crippen LogP contribution in [0.15, 0.2) is 33.9 Å². The maximum Gasteiger partial charge on any atom is 0.278 e. The van der Waals surface area contributed by atoms with Crippen molar-refractivity contribution in [2.45, 2.75) is 0 Å². The number of rotatable bonds is 1. The SMILES string of the molecule is N#C/C=C/c1ccc2c(=O)c3n[nH]nc3c(=O)[nH]c2c1. The summed E-state index contributed by atoms with van der Waals surface area (Å²) in [6.07, 6.45) is 2.90. The molecule has 0 aliphatic heterocycles. The summed E-state index contributed by atoms with van der Waals surface area (Å²) in [6, 6.07) is 6.76. The van der Waals surface area contributed by atoms with Gasteiger partial charge in [-0.05, 0) is 23.8 Å². The van der Waals surface area contributed by atoms with Crippen LogP contribution in [0.1, 0.15) is 5.56 Å². The molecule has 96 valence electrons. The molecule has 7 heteroatoms. The highest BCUT2D eigenvalue weighted by Crippen LogP contribution is 2.11. The minimum Gasteiger partial charge on any atom is -0.320 e. The van der Waals surface area contributed by atoms with Gasteiger partial charge >= 0.3 is 0 Å². The summed E-state index contributed by atoms with van der Waals surface area (Å²) in [5, 5.41) is 18.5. The second kappa shape index (κ2) is 4.44. The third kappa shape index (κ3) is 1.76. The third-order valence-electron chi connectivity index (χ3n) is 2.86. The van der Waals surface area contributed by atoms with Crippen LogP contribution >= 0.6 is 0 Å². The van der Waals surface area contributed by atoms with E-state index in [9.17, 15) is 9.59 Å². The standard InChI is InChI=1S/C13H7N5O2/c14-5-1-2-7-3-4-8-9(6-7)15-13(20)11-10(12(8)19)16-18-17-11/h1-4,6H,(H,15,20)(H,16,17,18)/b2-1+. The lowest BCUT2D eigenvalue weighted by atomic mass is 10.1. The first kappa shape index (κ1) is 11.8. The van der Waals surface area contributed by atoms with Crippen LogP contribution < -0.4 is 11.0 Å². The molecule has 2 aromatic heterocycles. The molecule has 3 rings (SSSR count). The van der Waals surface area contributed by atoms with Crippen LogP contribution in [-0.2, 0) is 0 Å². The molecule has 0 bridgehead atoms. The highest BCUT2D eigenvalue weighted by atomic mass is 16.1. The minimum atomic E-state index is -0.498. The number of aromatic nitrogens is 4. The number of hydrogen-bond donors (Lipinski definition) is 2. The summed E-state index contributed by atoms with van der Waals surface area (Å²) in [5.74, 6) is 0. The van der Waals surface area contributed by atoms with E-state index in [0.717, 1.165) is 0 Å². The number of nitrogens with zero attached hydrogens (tertiary/aromatic N) is 3. The molecular formula is C13H7N5O2. The van der Waals surface area contributed by atoms with E-state index in [1.165, 1.54) is 6.08 Å². The first-order valence-electron chi connectivity index (χ1n) is 5.67. The molecule has 0 saturated carbocycles. The molecule has 0 unspecified atom stereocenters. The molecular weight excluding hydrogens is 258 g/mol. The number of H-pyrrole nitrogens is 2. The number of hydrogen-bond acceptors (Lipinski definition) is 5. The molecule has 0 saturated heterocycles. The highest BCUT2D eigenvalue weighted by molar-refractivity contribution is 5.87. The van der Waals surface area contributed by atoms with Crippen molar-refractivity contribution < 1.29 is 0 Å². The number of aromatic amines is 2. The Kier molecular flexibility index (Phi) is 2.62. The predicted molar refractivity (Wildman–Crippen MR) is 72.9 cm³/mol. The molecule has 2 heterocycles. The van der Waals surface area contributed by atoms with E-state index >= 15 is 0 Å². The van der Waals surface area contributed by atoms with Crippen LogP contribution in [0.2, 0.25) is 0 Å². The van der Waals surface area contributed by atoms with Crippen LogP contribution in [-0.4, -0.2) is 20.4 Å². The Morgan fingerprint density at radius 2 is 2.00 bits per heavy atom. The van der Waals surface area contributed by atoms with Gasteiger partial charge in [-0.3, -0.25) is 9.59 Å². The molecule has 20 heavy (non-hydrogen) atoms. The minimum absolute atomic E-state index is 0.00145. The van der Waals surface area contributed by atoms with Gasteiger partial charge in [-0.1, -0.05) is 6.07 Å². The number of allylic oxidation sites excluding steroid dienone is 1. The fourth-order valence-electron chi connectivity index (χ4n) is 1.96. The van der Waals surface area contributed by atoms with E-state index in [1.807, 2.05) is 6.07 Å². The Morgan fingerprint density at radius 1 is 1.20 bits per heavy atom. The van der Waals surface area contributed by atoms with Gasteiger partial charge in [-0.2, -0.15) is 20.7 Å². The van der Waals surface area contributed by atoms with Gasteiger partial charge in [0.25, 0.3) is 5.56 Å². The fraction of sp³-hybridized carbons (Fsp3) is 0. The van der Waals surface area contributed by atoms with Gasteiger partial charge in [-0.15, -0.1) is 0 Å². The van der Waals surface area contributed by atoms with E-state index in [1.54, 1.807) is 24.3 Å². The number of benzene rings is 1. The molecule has 0 atom stereocenters. The van der Waals surface area contributed by atoms with E-state index in [2.05, 4.69) is 20.4 Å². The van der Waals surface area contributed by atoms with Gasteiger partial charge in [0.15, 0.2) is 11.0 Å². The van der Waals surface area contributed by atoms with Crippen molar-refractivity contribution in [2.24, 2.45) is 0 Å². The Labute approximate surface area is 111 Å². The molecule has 0 fully saturated rings. The first-order valence-corrected chi connectivity index (χ1v) is 5.67. The van der Waals surface area contributed by atoms with Crippen LogP contribution in [0.4, 0.5) is 0 Å². The maximum atomic E-state index is 12.3. The molecule has 0 aliphatic carbocycles. The summed E-state index contributed by atoms with van der Waals surface area (Å²) in [5.41, 5.74) is 0.175. The molecule has 1 aromatic carbocycles.